The first kappa shape index (κ1) is 11.7. The molecule has 0 radical (unpaired) electrons. The Morgan fingerprint density at radius 3 is 2.56 bits per heavy atom. The fourth-order valence-corrected chi connectivity index (χ4v) is 2.91. The van der Waals surface area contributed by atoms with E-state index in [1.54, 1.807) is 0 Å². The van der Waals surface area contributed by atoms with Crippen LogP contribution < -0.4 is 0 Å². The second-order valence-electron chi connectivity index (χ2n) is 4.51. The summed E-state index contributed by atoms with van der Waals surface area (Å²) in [7, 11) is 0. The minimum atomic E-state index is 0.147. The molecule has 86 valence electrons. The number of alkyl halides is 1. The van der Waals surface area contributed by atoms with Crippen molar-refractivity contribution in [2.45, 2.75) is 31.6 Å². The van der Waals surface area contributed by atoms with Gasteiger partial charge in [-0.15, -0.1) is 11.6 Å². The molecular weight excluding hydrogens is 220 g/mol. The highest BCUT2D eigenvalue weighted by atomic mass is 35.5. The van der Waals surface area contributed by atoms with Crippen molar-refractivity contribution in [3.63, 3.8) is 0 Å². The summed E-state index contributed by atoms with van der Waals surface area (Å²) in [5.41, 5.74) is 1.30. The van der Waals surface area contributed by atoms with E-state index in [1.807, 2.05) is 18.2 Å². The second kappa shape index (κ2) is 5.49. The number of Topliss-reactive ketones (excluding diaryl/α,β-unsaturated/α-hetero) is 1. The molecule has 1 fully saturated rings. The molecule has 2 rings (SSSR count). The summed E-state index contributed by atoms with van der Waals surface area (Å²) in [4.78, 5) is 11.8. The van der Waals surface area contributed by atoms with Crippen LogP contribution in [0, 0.1) is 5.92 Å². The topological polar surface area (TPSA) is 17.1 Å². The molecule has 1 aromatic rings. The van der Waals surface area contributed by atoms with Crippen molar-refractivity contribution in [1.82, 2.24) is 0 Å². The predicted molar refractivity (Wildman–Crippen MR) is 66.9 cm³/mol. The molecule has 0 heterocycles. The Bertz CT molecular complexity index is 347. The molecule has 0 bridgehead atoms. The van der Waals surface area contributed by atoms with Gasteiger partial charge in [0.2, 0.25) is 0 Å². The van der Waals surface area contributed by atoms with Gasteiger partial charge < -0.3 is 0 Å². The molecule has 1 aromatic carbocycles. The first-order valence-electron chi connectivity index (χ1n) is 5.96. The van der Waals surface area contributed by atoms with Crippen molar-refractivity contribution in [3.05, 3.63) is 35.9 Å². The summed E-state index contributed by atoms with van der Waals surface area (Å²) in [6.07, 6.45) is 4.52. The molecule has 2 heteroatoms. The molecular formula is C14H17ClO. The largest absolute Gasteiger partial charge is 0.298 e. The SMILES string of the molecule is O=C(CCl)C1CCCCC1c1ccccc1. The van der Waals surface area contributed by atoms with E-state index in [1.165, 1.54) is 12.0 Å². The normalized spacial score (nSPS) is 25.3. The van der Waals surface area contributed by atoms with Gasteiger partial charge in [0, 0.05) is 5.92 Å². The predicted octanol–water partition coefficient (Wildman–Crippen LogP) is 3.77. The van der Waals surface area contributed by atoms with Crippen LogP contribution in [0.5, 0.6) is 0 Å². The molecule has 0 spiro atoms. The number of ketones is 1. The first-order chi connectivity index (χ1) is 7.83. The maximum Gasteiger partial charge on any atom is 0.151 e. The van der Waals surface area contributed by atoms with E-state index in [4.69, 9.17) is 11.6 Å². The molecule has 1 saturated carbocycles. The fourth-order valence-electron chi connectivity index (χ4n) is 2.71. The molecule has 0 amide bonds. The van der Waals surface area contributed by atoms with Gasteiger partial charge in [-0.3, -0.25) is 4.79 Å². The number of hydrogen-bond acceptors (Lipinski definition) is 1. The summed E-state index contributed by atoms with van der Waals surface area (Å²) in [6, 6.07) is 10.4. The van der Waals surface area contributed by atoms with Crippen LogP contribution in [0.1, 0.15) is 37.2 Å². The van der Waals surface area contributed by atoms with E-state index in [-0.39, 0.29) is 17.6 Å². The lowest BCUT2D eigenvalue weighted by Gasteiger charge is -2.30. The van der Waals surface area contributed by atoms with Crippen LogP contribution in [-0.4, -0.2) is 11.7 Å². The molecule has 2 unspecified atom stereocenters. The highest BCUT2D eigenvalue weighted by Gasteiger charge is 2.30. The zero-order valence-electron chi connectivity index (χ0n) is 9.36. The molecule has 1 aliphatic rings. The Morgan fingerprint density at radius 1 is 1.19 bits per heavy atom. The van der Waals surface area contributed by atoms with Crippen LogP contribution >= 0.6 is 11.6 Å². The monoisotopic (exact) mass is 236 g/mol. The maximum absolute atomic E-state index is 11.8. The number of carbonyl (C=O) groups excluding carboxylic acids is 1. The Morgan fingerprint density at radius 2 is 1.88 bits per heavy atom. The molecule has 0 saturated heterocycles. The highest BCUT2D eigenvalue weighted by molar-refractivity contribution is 6.28. The second-order valence-corrected chi connectivity index (χ2v) is 4.78. The fraction of sp³-hybridized carbons (Fsp3) is 0.500. The number of benzene rings is 1. The van der Waals surface area contributed by atoms with E-state index in [9.17, 15) is 4.79 Å². The van der Waals surface area contributed by atoms with Crippen molar-refractivity contribution < 1.29 is 4.79 Å². The third-order valence-corrected chi connectivity index (χ3v) is 3.80. The molecule has 1 nitrogen and oxygen atoms in total. The summed E-state index contributed by atoms with van der Waals surface area (Å²) in [5, 5.41) is 0. The van der Waals surface area contributed by atoms with Crippen molar-refractivity contribution in [3.8, 4) is 0 Å². The van der Waals surface area contributed by atoms with E-state index in [2.05, 4.69) is 12.1 Å². The van der Waals surface area contributed by atoms with Gasteiger partial charge in [-0.1, -0.05) is 43.2 Å². The van der Waals surface area contributed by atoms with Crippen LogP contribution in [0.15, 0.2) is 30.3 Å². The van der Waals surface area contributed by atoms with Gasteiger partial charge in [0.05, 0.1) is 5.88 Å². The minimum Gasteiger partial charge on any atom is -0.298 e. The zero-order chi connectivity index (χ0) is 11.4. The van der Waals surface area contributed by atoms with E-state index in [0.29, 0.717) is 5.92 Å². The minimum absolute atomic E-state index is 0.147. The Balaban J connectivity index is 2.20. The molecule has 0 N–H and O–H groups in total. The smallest absolute Gasteiger partial charge is 0.151 e. The van der Waals surface area contributed by atoms with Gasteiger partial charge in [-0.05, 0) is 24.3 Å². The highest BCUT2D eigenvalue weighted by Crippen LogP contribution is 2.38. The summed E-state index contributed by atoms with van der Waals surface area (Å²) in [6.45, 7) is 0. The first-order valence-corrected chi connectivity index (χ1v) is 6.50. The van der Waals surface area contributed by atoms with Gasteiger partial charge in [-0.25, -0.2) is 0 Å². The van der Waals surface area contributed by atoms with Crippen LogP contribution in [0.2, 0.25) is 0 Å². The van der Waals surface area contributed by atoms with Crippen molar-refractivity contribution in [2.75, 3.05) is 5.88 Å². The van der Waals surface area contributed by atoms with Gasteiger partial charge in [0.1, 0.15) is 0 Å². The number of halogens is 1. The molecule has 0 aliphatic heterocycles. The van der Waals surface area contributed by atoms with E-state index < -0.39 is 0 Å². The van der Waals surface area contributed by atoms with Crippen LogP contribution in [0.4, 0.5) is 0 Å². The quantitative estimate of drug-likeness (QED) is 0.731. The lowest BCUT2D eigenvalue weighted by atomic mass is 9.74. The van der Waals surface area contributed by atoms with Gasteiger partial charge in [0.25, 0.3) is 0 Å². The van der Waals surface area contributed by atoms with Gasteiger partial charge >= 0.3 is 0 Å². The zero-order valence-corrected chi connectivity index (χ0v) is 10.1. The molecule has 16 heavy (non-hydrogen) atoms. The summed E-state index contributed by atoms with van der Waals surface area (Å²) >= 11 is 5.69. The van der Waals surface area contributed by atoms with Gasteiger partial charge in [-0.2, -0.15) is 0 Å². The van der Waals surface area contributed by atoms with E-state index >= 15 is 0 Å². The van der Waals surface area contributed by atoms with Crippen LogP contribution in [0.25, 0.3) is 0 Å². The van der Waals surface area contributed by atoms with Crippen LogP contribution in [-0.2, 0) is 4.79 Å². The number of hydrogen-bond donors (Lipinski definition) is 0. The number of carbonyl (C=O) groups is 1. The van der Waals surface area contributed by atoms with Gasteiger partial charge in [0.15, 0.2) is 5.78 Å². The van der Waals surface area contributed by atoms with Crippen molar-refractivity contribution in [2.24, 2.45) is 5.92 Å². The Hall–Kier alpha value is -0.820. The maximum atomic E-state index is 11.8. The Kier molecular flexibility index (Phi) is 4.00. The summed E-state index contributed by atoms with van der Waals surface area (Å²) < 4.78 is 0. The molecule has 0 aromatic heterocycles. The lowest BCUT2D eigenvalue weighted by Crippen LogP contribution is -2.26. The average molecular weight is 237 g/mol. The molecule has 1 aliphatic carbocycles. The van der Waals surface area contributed by atoms with E-state index in [0.717, 1.165) is 19.3 Å². The third-order valence-electron chi connectivity index (χ3n) is 3.54. The Labute approximate surface area is 102 Å². The summed E-state index contributed by atoms with van der Waals surface area (Å²) in [5.74, 6) is 0.915. The number of rotatable bonds is 3. The third kappa shape index (κ3) is 2.46. The average Bonchev–Trinajstić information content (AvgIpc) is 2.39. The molecule has 2 atom stereocenters. The van der Waals surface area contributed by atoms with Crippen LogP contribution in [0.3, 0.4) is 0 Å². The van der Waals surface area contributed by atoms with Crippen molar-refractivity contribution >= 4 is 17.4 Å². The van der Waals surface area contributed by atoms with Crippen molar-refractivity contribution in [1.29, 1.82) is 0 Å². The lowest BCUT2D eigenvalue weighted by molar-refractivity contribution is -0.121. The standard InChI is InChI=1S/C14H17ClO/c15-10-14(16)13-9-5-4-8-12(13)11-6-2-1-3-7-11/h1-3,6-7,12-13H,4-5,8-10H2.